The molecular formula is C26H38N4O. The van der Waals surface area contributed by atoms with Crippen molar-refractivity contribution in [1.29, 1.82) is 0 Å². The number of carbonyl (C=O) groups excluding carboxylic acids is 1. The highest BCUT2D eigenvalue weighted by molar-refractivity contribution is 5.74. The van der Waals surface area contributed by atoms with Gasteiger partial charge in [0.1, 0.15) is 0 Å². The normalized spacial score (nSPS) is 17.7. The molecule has 1 aliphatic heterocycles. The first-order valence-electron chi connectivity index (χ1n) is 11.7. The Morgan fingerprint density at radius 2 is 1.84 bits per heavy atom. The molecule has 1 aromatic rings. The summed E-state index contributed by atoms with van der Waals surface area (Å²) in [5, 5.41) is 6.18. The topological polar surface area (TPSA) is 47.6 Å². The molecule has 1 atom stereocenters. The minimum Gasteiger partial charge on any atom is -0.392 e. The molecule has 0 bridgehead atoms. The first-order valence-corrected chi connectivity index (χ1v) is 11.7. The standard InChI is InChI=1S/C26H38N4O/c1-22(27-2)12-6-5-11-17-28-26(31)30-20-18-29(19-21-30)25(23-13-7-3-8-14-23)24-15-9-4-10-16-24/h3,7-9,13-16,25,27H,1,4-6,10-12,17-21H2,2H3,(H,28,31). The Kier molecular flexibility index (Phi) is 9.22. The Morgan fingerprint density at radius 1 is 1.06 bits per heavy atom. The van der Waals surface area contributed by atoms with Crippen molar-refractivity contribution >= 4 is 6.03 Å². The van der Waals surface area contributed by atoms with Crippen LogP contribution in [0.4, 0.5) is 4.79 Å². The van der Waals surface area contributed by atoms with Crippen LogP contribution in [0.3, 0.4) is 0 Å². The van der Waals surface area contributed by atoms with Crippen LogP contribution in [0.1, 0.15) is 50.1 Å². The summed E-state index contributed by atoms with van der Waals surface area (Å²) < 4.78 is 0. The molecule has 2 N–H and O–H groups in total. The Bertz CT molecular complexity index is 763. The van der Waals surface area contributed by atoms with Gasteiger partial charge in [-0.3, -0.25) is 4.90 Å². The summed E-state index contributed by atoms with van der Waals surface area (Å²) in [5.74, 6) is 0. The van der Waals surface area contributed by atoms with E-state index in [0.29, 0.717) is 0 Å². The third-order valence-electron chi connectivity index (χ3n) is 6.21. The smallest absolute Gasteiger partial charge is 0.317 e. The highest BCUT2D eigenvalue weighted by Crippen LogP contribution is 2.32. The lowest BCUT2D eigenvalue weighted by Gasteiger charge is -2.40. The minimum atomic E-state index is 0.0762. The number of hydrogen-bond acceptors (Lipinski definition) is 3. The van der Waals surface area contributed by atoms with Crippen molar-refractivity contribution in [2.75, 3.05) is 39.8 Å². The maximum Gasteiger partial charge on any atom is 0.317 e. The van der Waals surface area contributed by atoms with Gasteiger partial charge in [0, 0.05) is 45.5 Å². The van der Waals surface area contributed by atoms with E-state index in [1.807, 2.05) is 11.9 Å². The molecule has 1 fully saturated rings. The van der Waals surface area contributed by atoms with Gasteiger partial charge in [0.2, 0.25) is 0 Å². The number of benzene rings is 1. The van der Waals surface area contributed by atoms with E-state index in [-0.39, 0.29) is 12.1 Å². The van der Waals surface area contributed by atoms with Crippen molar-refractivity contribution in [3.8, 4) is 0 Å². The van der Waals surface area contributed by atoms with Crippen LogP contribution in [-0.4, -0.2) is 55.6 Å². The molecule has 31 heavy (non-hydrogen) atoms. The summed E-state index contributed by atoms with van der Waals surface area (Å²) in [5.41, 5.74) is 3.80. The lowest BCUT2D eigenvalue weighted by atomic mass is 9.92. The predicted octanol–water partition coefficient (Wildman–Crippen LogP) is 4.62. The Balaban J connectivity index is 1.46. The molecule has 1 unspecified atom stereocenters. The van der Waals surface area contributed by atoms with Gasteiger partial charge in [0.25, 0.3) is 0 Å². The molecule has 1 saturated heterocycles. The summed E-state index contributed by atoms with van der Waals surface area (Å²) in [6.07, 6.45) is 13.4. The van der Waals surface area contributed by atoms with E-state index in [0.717, 1.165) is 76.9 Å². The van der Waals surface area contributed by atoms with Crippen molar-refractivity contribution in [1.82, 2.24) is 20.4 Å². The van der Waals surface area contributed by atoms with Crippen LogP contribution in [0.2, 0.25) is 0 Å². The number of carbonyl (C=O) groups is 1. The first-order chi connectivity index (χ1) is 15.2. The molecule has 1 aromatic carbocycles. The lowest BCUT2D eigenvalue weighted by Crippen LogP contribution is -2.52. The Hall–Kier alpha value is -2.53. The molecule has 2 aliphatic rings. The van der Waals surface area contributed by atoms with Crippen molar-refractivity contribution in [2.24, 2.45) is 0 Å². The van der Waals surface area contributed by atoms with E-state index < -0.39 is 0 Å². The fourth-order valence-electron chi connectivity index (χ4n) is 4.34. The zero-order valence-corrected chi connectivity index (χ0v) is 19.0. The second-order valence-electron chi connectivity index (χ2n) is 8.42. The molecule has 5 heteroatoms. The molecule has 0 saturated carbocycles. The maximum absolute atomic E-state index is 12.6. The first kappa shape index (κ1) is 23.1. The molecular weight excluding hydrogens is 384 g/mol. The van der Waals surface area contributed by atoms with Crippen LogP contribution in [-0.2, 0) is 0 Å². The zero-order chi connectivity index (χ0) is 21.9. The van der Waals surface area contributed by atoms with Gasteiger partial charge in [-0.2, -0.15) is 0 Å². The summed E-state index contributed by atoms with van der Waals surface area (Å²) >= 11 is 0. The minimum absolute atomic E-state index is 0.0762. The summed E-state index contributed by atoms with van der Waals surface area (Å²) in [7, 11) is 1.91. The van der Waals surface area contributed by atoms with Gasteiger partial charge >= 0.3 is 6.03 Å². The number of piperazine rings is 1. The van der Waals surface area contributed by atoms with E-state index in [4.69, 9.17) is 0 Å². The number of amides is 2. The molecule has 3 rings (SSSR count). The number of rotatable bonds is 10. The number of allylic oxidation sites excluding steroid dienone is 3. The quantitative estimate of drug-likeness (QED) is 0.541. The van der Waals surface area contributed by atoms with Crippen LogP contribution in [0, 0.1) is 0 Å². The zero-order valence-electron chi connectivity index (χ0n) is 19.0. The van der Waals surface area contributed by atoms with Gasteiger partial charge < -0.3 is 15.5 Å². The molecule has 0 aromatic heterocycles. The largest absolute Gasteiger partial charge is 0.392 e. The van der Waals surface area contributed by atoms with Crippen molar-refractivity contribution in [3.63, 3.8) is 0 Å². The highest BCUT2D eigenvalue weighted by atomic mass is 16.2. The monoisotopic (exact) mass is 422 g/mol. The van der Waals surface area contributed by atoms with Gasteiger partial charge in [0.05, 0.1) is 6.04 Å². The van der Waals surface area contributed by atoms with Crippen molar-refractivity contribution < 1.29 is 4.79 Å². The Labute approximate surface area is 187 Å². The molecule has 1 aliphatic carbocycles. The molecule has 1 heterocycles. The van der Waals surface area contributed by atoms with E-state index in [2.05, 4.69) is 70.7 Å². The number of hydrogen-bond donors (Lipinski definition) is 2. The SMILES string of the molecule is C=C(CCCCCNC(=O)N1CCN(C(C2=CCCC=C2)c2ccccc2)CC1)NC. The number of nitrogens with one attached hydrogen (secondary N) is 2. The Morgan fingerprint density at radius 3 is 2.52 bits per heavy atom. The number of unbranched alkanes of at least 4 members (excludes halogenated alkanes) is 2. The summed E-state index contributed by atoms with van der Waals surface area (Å²) in [4.78, 5) is 17.1. The van der Waals surface area contributed by atoms with Gasteiger partial charge in [-0.15, -0.1) is 0 Å². The van der Waals surface area contributed by atoms with Crippen LogP contribution < -0.4 is 10.6 Å². The van der Waals surface area contributed by atoms with Gasteiger partial charge in [-0.05, 0) is 43.2 Å². The van der Waals surface area contributed by atoms with E-state index in [1.165, 1.54) is 11.1 Å². The van der Waals surface area contributed by atoms with Crippen LogP contribution in [0.5, 0.6) is 0 Å². The van der Waals surface area contributed by atoms with Gasteiger partial charge in [-0.25, -0.2) is 4.79 Å². The maximum atomic E-state index is 12.6. The summed E-state index contributed by atoms with van der Waals surface area (Å²) in [6.45, 7) is 8.02. The van der Waals surface area contributed by atoms with Crippen LogP contribution in [0.25, 0.3) is 0 Å². The van der Waals surface area contributed by atoms with Crippen molar-refractivity contribution in [2.45, 2.75) is 44.6 Å². The molecule has 168 valence electrons. The fourth-order valence-corrected chi connectivity index (χ4v) is 4.34. The van der Waals surface area contributed by atoms with Crippen LogP contribution >= 0.6 is 0 Å². The molecule has 0 radical (unpaired) electrons. The fraction of sp³-hybridized carbons (Fsp3) is 0.500. The van der Waals surface area contributed by atoms with Gasteiger partial charge in [-0.1, -0.05) is 61.6 Å². The number of nitrogens with zero attached hydrogens (tertiary/aromatic N) is 2. The molecule has 5 nitrogen and oxygen atoms in total. The van der Waals surface area contributed by atoms with E-state index in [1.54, 1.807) is 0 Å². The van der Waals surface area contributed by atoms with E-state index >= 15 is 0 Å². The average Bonchev–Trinajstić information content (AvgIpc) is 2.83. The van der Waals surface area contributed by atoms with Crippen LogP contribution in [0.15, 0.2) is 66.4 Å². The second-order valence-corrected chi connectivity index (χ2v) is 8.42. The number of urea groups is 1. The second kappa shape index (κ2) is 12.4. The average molecular weight is 423 g/mol. The third kappa shape index (κ3) is 7.00. The highest BCUT2D eigenvalue weighted by Gasteiger charge is 2.28. The van der Waals surface area contributed by atoms with Crippen molar-refractivity contribution in [3.05, 3.63) is 72.0 Å². The third-order valence-corrected chi connectivity index (χ3v) is 6.21. The van der Waals surface area contributed by atoms with E-state index in [9.17, 15) is 4.79 Å². The molecule has 2 amide bonds. The van der Waals surface area contributed by atoms with Gasteiger partial charge in [0.15, 0.2) is 0 Å². The summed E-state index contributed by atoms with van der Waals surface area (Å²) in [6, 6.07) is 11.1. The molecule has 0 spiro atoms. The lowest BCUT2D eigenvalue weighted by molar-refractivity contribution is 0.120. The predicted molar refractivity (Wildman–Crippen MR) is 129 cm³/mol.